The van der Waals surface area contributed by atoms with Crippen molar-refractivity contribution in [3.05, 3.63) is 12.2 Å². The van der Waals surface area contributed by atoms with E-state index in [0.717, 1.165) is 57.8 Å². The fourth-order valence-electron chi connectivity index (χ4n) is 6.72. The van der Waals surface area contributed by atoms with E-state index in [-0.39, 0.29) is 24.9 Å². The summed E-state index contributed by atoms with van der Waals surface area (Å²) in [7, 11) is 0. The molecule has 0 aliphatic rings. The smallest absolute Gasteiger partial charge is 0.306 e. The highest BCUT2D eigenvalue weighted by molar-refractivity contribution is 5.77. The van der Waals surface area contributed by atoms with Gasteiger partial charge in [0, 0.05) is 6.42 Å². The lowest BCUT2D eigenvalue weighted by Crippen LogP contribution is -2.46. The minimum Gasteiger partial charge on any atom is -0.462 e. The van der Waals surface area contributed by atoms with Gasteiger partial charge < -0.3 is 20.3 Å². The van der Waals surface area contributed by atoms with Gasteiger partial charge in [0.05, 0.1) is 25.2 Å². The summed E-state index contributed by atoms with van der Waals surface area (Å²) in [6.45, 7) is 6.42. The lowest BCUT2D eigenvalue weighted by molar-refractivity contribution is -0.151. The molecule has 0 saturated carbocycles. The first-order valence-electron chi connectivity index (χ1n) is 21.9. The zero-order valence-corrected chi connectivity index (χ0v) is 33.5. The van der Waals surface area contributed by atoms with Crippen LogP contribution in [0.2, 0.25) is 0 Å². The van der Waals surface area contributed by atoms with Gasteiger partial charge in [-0.2, -0.15) is 0 Å². The highest BCUT2D eigenvalue weighted by Crippen LogP contribution is 2.17. The van der Waals surface area contributed by atoms with E-state index >= 15 is 0 Å². The SMILES string of the molecule is CCCCCCCCC/C=C\CCCCCC(=O)OC(CCCCCCCCCC)CC(=O)NC(CO)C(O)CCCCCCCCCCC. The van der Waals surface area contributed by atoms with Crippen LogP contribution in [0, 0.1) is 0 Å². The van der Waals surface area contributed by atoms with E-state index in [2.05, 4.69) is 38.2 Å². The molecule has 6 nitrogen and oxygen atoms in total. The molecule has 0 heterocycles. The fraction of sp³-hybridized carbons (Fsp3) is 0.909. The summed E-state index contributed by atoms with van der Waals surface area (Å²) in [5.74, 6) is -0.489. The Kier molecular flexibility index (Phi) is 37.7. The van der Waals surface area contributed by atoms with Crippen molar-refractivity contribution >= 4 is 11.9 Å². The number of allylic oxidation sites excluding steroid dienone is 2. The molecule has 0 aromatic carbocycles. The number of hydrogen-bond donors (Lipinski definition) is 3. The Bertz CT molecular complexity index is 757. The zero-order valence-electron chi connectivity index (χ0n) is 33.5. The summed E-state index contributed by atoms with van der Waals surface area (Å²) in [5, 5.41) is 23.5. The fourth-order valence-corrected chi connectivity index (χ4v) is 6.72. The lowest BCUT2D eigenvalue weighted by atomic mass is 10.0. The van der Waals surface area contributed by atoms with Gasteiger partial charge in [0.15, 0.2) is 0 Å². The maximum atomic E-state index is 13.0. The Hall–Kier alpha value is -1.40. The number of carbonyl (C=O) groups excluding carboxylic acids is 2. The summed E-state index contributed by atoms with van der Waals surface area (Å²) in [5.41, 5.74) is 0. The highest BCUT2D eigenvalue weighted by Gasteiger charge is 2.24. The normalized spacial score (nSPS) is 13.5. The van der Waals surface area contributed by atoms with Gasteiger partial charge in [-0.05, 0) is 51.4 Å². The number of unbranched alkanes of at least 4 members (excludes halogenated alkanes) is 25. The molecule has 6 heteroatoms. The van der Waals surface area contributed by atoms with E-state index in [1.165, 1.54) is 128 Å². The number of rotatable bonds is 39. The third-order valence-electron chi connectivity index (χ3n) is 10.1. The van der Waals surface area contributed by atoms with E-state index in [9.17, 15) is 19.8 Å². The third kappa shape index (κ3) is 33.7. The second-order valence-corrected chi connectivity index (χ2v) is 15.1. The molecule has 3 atom stereocenters. The van der Waals surface area contributed by atoms with Crippen LogP contribution in [0.3, 0.4) is 0 Å². The maximum absolute atomic E-state index is 13.0. The molecular weight excluding hydrogens is 622 g/mol. The molecule has 0 aromatic rings. The quantitative estimate of drug-likeness (QED) is 0.0336. The van der Waals surface area contributed by atoms with E-state index in [1.54, 1.807) is 0 Å². The molecule has 0 saturated heterocycles. The van der Waals surface area contributed by atoms with Crippen LogP contribution >= 0.6 is 0 Å². The number of aliphatic hydroxyl groups is 2. The molecule has 0 fully saturated rings. The zero-order chi connectivity index (χ0) is 36.8. The number of carbonyl (C=O) groups is 2. The lowest BCUT2D eigenvalue weighted by Gasteiger charge is -2.24. The number of aliphatic hydroxyl groups excluding tert-OH is 2. The highest BCUT2D eigenvalue weighted by atomic mass is 16.5. The van der Waals surface area contributed by atoms with Crippen LogP contribution < -0.4 is 5.32 Å². The standard InChI is InChI=1S/C44H85NO5/c1-4-7-10-13-16-19-20-21-22-23-25-28-31-34-37-44(49)50-40(35-32-29-26-18-15-12-9-6-3)38-43(48)45-41(39-46)42(47)36-33-30-27-24-17-14-11-8-5-2/h22-23,40-42,46-47H,4-21,24-39H2,1-3H3,(H,45,48)/b23-22-. The minimum atomic E-state index is -0.780. The number of nitrogens with one attached hydrogen (secondary N) is 1. The van der Waals surface area contributed by atoms with Crippen molar-refractivity contribution < 1.29 is 24.5 Å². The number of ether oxygens (including phenoxy) is 1. The number of hydrogen-bond acceptors (Lipinski definition) is 5. The first-order chi connectivity index (χ1) is 24.5. The van der Waals surface area contributed by atoms with Crippen LogP contribution in [0.15, 0.2) is 12.2 Å². The average molecular weight is 708 g/mol. The molecule has 0 aliphatic carbocycles. The summed E-state index contributed by atoms with van der Waals surface area (Å²) in [6.07, 6.45) is 39.9. The molecule has 0 aromatic heterocycles. The van der Waals surface area contributed by atoms with Crippen LogP contribution in [0.1, 0.15) is 233 Å². The molecule has 0 aliphatic heterocycles. The van der Waals surface area contributed by atoms with E-state index in [4.69, 9.17) is 4.74 Å². The molecule has 0 rings (SSSR count). The summed E-state index contributed by atoms with van der Waals surface area (Å²) in [4.78, 5) is 25.8. The van der Waals surface area contributed by atoms with Crippen molar-refractivity contribution in [3.8, 4) is 0 Å². The van der Waals surface area contributed by atoms with Crippen LogP contribution in [-0.2, 0) is 14.3 Å². The number of esters is 1. The first kappa shape index (κ1) is 48.6. The molecule has 3 unspecified atom stereocenters. The maximum Gasteiger partial charge on any atom is 0.306 e. The molecule has 50 heavy (non-hydrogen) atoms. The largest absolute Gasteiger partial charge is 0.462 e. The molecule has 1 amide bonds. The molecule has 0 spiro atoms. The Balaban J connectivity index is 4.51. The van der Waals surface area contributed by atoms with Crippen LogP contribution in [0.5, 0.6) is 0 Å². The molecule has 0 bridgehead atoms. The Morgan fingerprint density at radius 3 is 1.42 bits per heavy atom. The second kappa shape index (κ2) is 38.8. The molecular formula is C44H85NO5. The predicted octanol–water partition coefficient (Wildman–Crippen LogP) is 12.2. The van der Waals surface area contributed by atoms with Gasteiger partial charge in [0.1, 0.15) is 6.10 Å². The van der Waals surface area contributed by atoms with Crippen molar-refractivity contribution in [2.45, 2.75) is 251 Å². The molecule has 296 valence electrons. The minimum absolute atomic E-state index is 0.0764. The van der Waals surface area contributed by atoms with Crippen molar-refractivity contribution in [1.29, 1.82) is 0 Å². The van der Waals surface area contributed by atoms with Gasteiger partial charge in [-0.1, -0.05) is 181 Å². The second-order valence-electron chi connectivity index (χ2n) is 15.1. The van der Waals surface area contributed by atoms with E-state index < -0.39 is 18.2 Å². The van der Waals surface area contributed by atoms with Gasteiger partial charge in [0.2, 0.25) is 5.91 Å². The van der Waals surface area contributed by atoms with Crippen LogP contribution in [0.4, 0.5) is 0 Å². The van der Waals surface area contributed by atoms with Gasteiger partial charge in [-0.15, -0.1) is 0 Å². The average Bonchev–Trinajstić information content (AvgIpc) is 3.10. The van der Waals surface area contributed by atoms with Crippen LogP contribution in [-0.4, -0.2) is 46.9 Å². The summed E-state index contributed by atoms with van der Waals surface area (Å²) < 4.78 is 5.86. The van der Waals surface area contributed by atoms with Crippen molar-refractivity contribution in [2.75, 3.05) is 6.61 Å². The Labute approximate surface area is 310 Å². The summed E-state index contributed by atoms with van der Waals surface area (Å²) >= 11 is 0. The van der Waals surface area contributed by atoms with Crippen molar-refractivity contribution in [2.24, 2.45) is 0 Å². The number of amides is 1. The van der Waals surface area contributed by atoms with Gasteiger partial charge >= 0.3 is 5.97 Å². The van der Waals surface area contributed by atoms with Gasteiger partial charge in [-0.3, -0.25) is 9.59 Å². The molecule has 3 N–H and O–H groups in total. The van der Waals surface area contributed by atoms with Crippen molar-refractivity contribution in [1.82, 2.24) is 5.32 Å². The van der Waals surface area contributed by atoms with Crippen LogP contribution in [0.25, 0.3) is 0 Å². The predicted molar refractivity (Wildman–Crippen MR) is 213 cm³/mol. The van der Waals surface area contributed by atoms with E-state index in [1.807, 2.05) is 0 Å². The molecule has 0 radical (unpaired) electrons. The Morgan fingerprint density at radius 2 is 0.960 bits per heavy atom. The Morgan fingerprint density at radius 1 is 0.560 bits per heavy atom. The third-order valence-corrected chi connectivity index (χ3v) is 10.1. The van der Waals surface area contributed by atoms with Crippen molar-refractivity contribution in [3.63, 3.8) is 0 Å². The first-order valence-corrected chi connectivity index (χ1v) is 21.9. The van der Waals surface area contributed by atoms with E-state index in [0.29, 0.717) is 19.3 Å². The van der Waals surface area contributed by atoms with Gasteiger partial charge in [0.25, 0.3) is 0 Å². The monoisotopic (exact) mass is 708 g/mol. The summed E-state index contributed by atoms with van der Waals surface area (Å²) in [6, 6.07) is -0.694. The van der Waals surface area contributed by atoms with Gasteiger partial charge in [-0.25, -0.2) is 0 Å². The topological polar surface area (TPSA) is 95.9 Å².